The van der Waals surface area contributed by atoms with Crippen molar-refractivity contribution >= 4 is 23.8 Å². The lowest BCUT2D eigenvalue weighted by Gasteiger charge is -2.14. The van der Waals surface area contributed by atoms with Crippen molar-refractivity contribution in [2.24, 2.45) is 0 Å². The lowest BCUT2D eigenvalue weighted by molar-refractivity contribution is -0.131. The zero-order valence-electron chi connectivity index (χ0n) is 15.5. The van der Waals surface area contributed by atoms with Gasteiger partial charge >= 0.3 is 12.1 Å². The molecule has 144 valence electrons. The second-order valence-electron chi connectivity index (χ2n) is 6.75. The molecule has 2 N–H and O–H groups in total. The summed E-state index contributed by atoms with van der Waals surface area (Å²) in [6, 6.07) is 23.2. The Morgan fingerprint density at radius 2 is 1.59 bits per heavy atom. The molecule has 0 saturated heterocycles. The number of carboxylic acid groups (broad SMARTS) is 1. The Kier molecular flexibility index (Phi) is 5.12. The van der Waals surface area contributed by atoms with Crippen LogP contribution in [0.4, 0.5) is 10.5 Å². The maximum atomic E-state index is 12.3. The molecule has 0 saturated carbocycles. The monoisotopic (exact) mass is 385 g/mol. The number of amides is 1. The summed E-state index contributed by atoms with van der Waals surface area (Å²) in [5.74, 6) is -1.03. The fourth-order valence-electron chi connectivity index (χ4n) is 3.64. The van der Waals surface area contributed by atoms with Gasteiger partial charge in [-0.25, -0.2) is 9.59 Å². The van der Waals surface area contributed by atoms with Crippen LogP contribution in [0.2, 0.25) is 0 Å². The molecular formula is C24H19NO4. The van der Waals surface area contributed by atoms with Gasteiger partial charge in [0, 0.05) is 17.7 Å². The number of carboxylic acids is 1. The first-order valence-corrected chi connectivity index (χ1v) is 9.25. The highest BCUT2D eigenvalue weighted by Crippen LogP contribution is 2.44. The Hall–Kier alpha value is -3.86. The zero-order chi connectivity index (χ0) is 20.2. The molecule has 1 amide bonds. The van der Waals surface area contributed by atoms with Crippen LogP contribution in [0.25, 0.3) is 17.2 Å². The van der Waals surface area contributed by atoms with E-state index in [4.69, 9.17) is 9.84 Å². The van der Waals surface area contributed by atoms with E-state index in [0.29, 0.717) is 11.3 Å². The minimum Gasteiger partial charge on any atom is -0.478 e. The Balaban J connectivity index is 1.44. The van der Waals surface area contributed by atoms with E-state index in [0.717, 1.165) is 17.2 Å². The van der Waals surface area contributed by atoms with Gasteiger partial charge in [-0.1, -0.05) is 60.7 Å². The van der Waals surface area contributed by atoms with Crippen molar-refractivity contribution in [2.45, 2.75) is 5.92 Å². The molecule has 5 heteroatoms. The van der Waals surface area contributed by atoms with Gasteiger partial charge in [0.1, 0.15) is 6.61 Å². The fraction of sp³-hybridized carbons (Fsp3) is 0.0833. The van der Waals surface area contributed by atoms with Crippen molar-refractivity contribution in [3.05, 3.63) is 95.6 Å². The third-order valence-electron chi connectivity index (χ3n) is 4.90. The van der Waals surface area contributed by atoms with E-state index < -0.39 is 12.1 Å². The summed E-state index contributed by atoms with van der Waals surface area (Å²) >= 11 is 0. The van der Waals surface area contributed by atoms with Crippen molar-refractivity contribution in [1.29, 1.82) is 0 Å². The number of anilines is 1. The number of benzene rings is 3. The summed E-state index contributed by atoms with van der Waals surface area (Å²) < 4.78 is 5.52. The van der Waals surface area contributed by atoms with Crippen LogP contribution in [0.5, 0.6) is 0 Å². The van der Waals surface area contributed by atoms with Gasteiger partial charge in [0.2, 0.25) is 0 Å². The highest BCUT2D eigenvalue weighted by Gasteiger charge is 2.28. The van der Waals surface area contributed by atoms with Crippen LogP contribution in [0.15, 0.2) is 78.9 Å². The lowest BCUT2D eigenvalue weighted by Crippen LogP contribution is -2.17. The smallest absolute Gasteiger partial charge is 0.411 e. The summed E-state index contributed by atoms with van der Waals surface area (Å²) in [5, 5.41) is 11.4. The highest BCUT2D eigenvalue weighted by molar-refractivity contribution is 5.87. The van der Waals surface area contributed by atoms with Gasteiger partial charge in [-0.2, -0.15) is 0 Å². The average Bonchev–Trinajstić information content (AvgIpc) is 3.05. The molecule has 0 aromatic heterocycles. The van der Waals surface area contributed by atoms with Crippen molar-refractivity contribution in [3.63, 3.8) is 0 Å². The molecule has 1 aliphatic carbocycles. The predicted molar refractivity (Wildman–Crippen MR) is 112 cm³/mol. The minimum absolute atomic E-state index is 0.00187. The second kappa shape index (κ2) is 8.02. The number of carbonyl (C=O) groups is 2. The van der Waals surface area contributed by atoms with Crippen molar-refractivity contribution in [1.82, 2.24) is 0 Å². The van der Waals surface area contributed by atoms with Crippen molar-refractivity contribution in [2.75, 3.05) is 11.9 Å². The number of hydrogen-bond donors (Lipinski definition) is 2. The van der Waals surface area contributed by atoms with Gasteiger partial charge < -0.3 is 9.84 Å². The molecule has 1 aliphatic rings. The first-order valence-electron chi connectivity index (χ1n) is 9.25. The molecule has 29 heavy (non-hydrogen) atoms. The number of fused-ring (bicyclic) bond motifs is 3. The minimum atomic E-state index is -1.03. The Bertz CT molecular complexity index is 1060. The third kappa shape index (κ3) is 4.04. The molecule has 3 aromatic carbocycles. The third-order valence-corrected chi connectivity index (χ3v) is 4.90. The topological polar surface area (TPSA) is 75.6 Å². The van der Waals surface area contributed by atoms with Crippen LogP contribution < -0.4 is 5.32 Å². The van der Waals surface area contributed by atoms with Crippen LogP contribution in [0.1, 0.15) is 22.6 Å². The summed E-state index contributed by atoms with van der Waals surface area (Å²) in [6.45, 7) is 0.235. The standard InChI is InChI=1S/C24H19NO4/c26-23(27)13-12-16-6-5-7-17(14-16)25-24(28)29-15-22-20-10-3-1-8-18(20)19-9-2-4-11-21(19)22/h1-14,22H,15H2,(H,25,28)(H,26,27)/b13-12+. The molecule has 0 unspecified atom stereocenters. The molecule has 0 heterocycles. The van der Waals surface area contributed by atoms with Gasteiger partial charge in [-0.15, -0.1) is 0 Å². The van der Waals surface area contributed by atoms with Gasteiger partial charge in [0.25, 0.3) is 0 Å². The SMILES string of the molecule is O=C(O)/C=C/c1cccc(NC(=O)OCC2c3ccccc3-c3ccccc32)c1. The molecule has 0 spiro atoms. The zero-order valence-corrected chi connectivity index (χ0v) is 15.5. The maximum Gasteiger partial charge on any atom is 0.411 e. The molecule has 4 rings (SSSR count). The van der Waals surface area contributed by atoms with E-state index in [1.54, 1.807) is 24.3 Å². The first kappa shape index (κ1) is 18.5. The number of ether oxygens (including phenoxy) is 1. The number of nitrogens with one attached hydrogen (secondary N) is 1. The van der Waals surface area contributed by atoms with Crippen molar-refractivity contribution in [3.8, 4) is 11.1 Å². The van der Waals surface area contributed by atoms with Crippen LogP contribution >= 0.6 is 0 Å². The number of aliphatic carboxylic acids is 1. The van der Waals surface area contributed by atoms with Crippen LogP contribution in [0, 0.1) is 0 Å². The molecule has 3 aromatic rings. The molecule has 0 radical (unpaired) electrons. The van der Waals surface area contributed by atoms with Gasteiger partial charge in [0.15, 0.2) is 0 Å². The predicted octanol–water partition coefficient (Wildman–Crippen LogP) is 5.15. The van der Waals surface area contributed by atoms with Gasteiger partial charge in [-0.3, -0.25) is 5.32 Å². The van der Waals surface area contributed by atoms with Crippen molar-refractivity contribution < 1.29 is 19.4 Å². The summed E-state index contributed by atoms with van der Waals surface area (Å²) in [7, 11) is 0. The molecule has 0 aliphatic heterocycles. The quantitative estimate of drug-likeness (QED) is 0.596. The summed E-state index contributed by atoms with van der Waals surface area (Å²) in [6.07, 6.45) is 1.96. The Morgan fingerprint density at radius 3 is 2.24 bits per heavy atom. The summed E-state index contributed by atoms with van der Waals surface area (Å²) in [4.78, 5) is 23.0. The van der Waals surface area contributed by atoms with E-state index in [1.165, 1.54) is 17.2 Å². The normalized spacial score (nSPS) is 12.4. The van der Waals surface area contributed by atoms with E-state index in [-0.39, 0.29) is 12.5 Å². The first-order chi connectivity index (χ1) is 14.1. The number of rotatable bonds is 5. The van der Waals surface area contributed by atoms with Gasteiger partial charge in [-0.05, 0) is 46.0 Å². The molecule has 0 bridgehead atoms. The van der Waals surface area contributed by atoms with Crippen LogP contribution in [-0.4, -0.2) is 23.8 Å². The Labute approximate surface area is 168 Å². The fourth-order valence-corrected chi connectivity index (χ4v) is 3.64. The molecular weight excluding hydrogens is 366 g/mol. The largest absolute Gasteiger partial charge is 0.478 e. The molecule has 0 fully saturated rings. The Morgan fingerprint density at radius 1 is 0.931 bits per heavy atom. The second-order valence-corrected chi connectivity index (χ2v) is 6.75. The molecule has 0 atom stereocenters. The maximum absolute atomic E-state index is 12.3. The molecule has 5 nitrogen and oxygen atoms in total. The lowest BCUT2D eigenvalue weighted by atomic mass is 9.98. The highest BCUT2D eigenvalue weighted by atomic mass is 16.5. The van der Waals surface area contributed by atoms with Gasteiger partial charge in [0.05, 0.1) is 0 Å². The van der Waals surface area contributed by atoms with E-state index in [2.05, 4.69) is 29.6 Å². The van der Waals surface area contributed by atoms with E-state index >= 15 is 0 Å². The van der Waals surface area contributed by atoms with Crippen LogP contribution in [0.3, 0.4) is 0 Å². The summed E-state index contributed by atoms with van der Waals surface area (Å²) in [5.41, 5.74) is 5.87. The number of hydrogen-bond acceptors (Lipinski definition) is 3. The number of carbonyl (C=O) groups excluding carboxylic acids is 1. The van der Waals surface area contributed by atoms with E-state index in [1.807, 2.05) is 24.3 Å². The average molecular weight is 385 g/mol. The van der Waals surface area contributed by atoms with Crippen LogP contribution in [-0.2, 0) is 9.53 Å². The van der Waals surface area contributed by atoms with E-state index in [9.17, 15) is 9.59 Å².